The average Bonchev–Trinajstić information content (AvgIpc) is 1.90. The molecule has 2 heteroatoms. The Hall–Kier alpha value is 0.250. The van der Waals surface area contributed by atoms with Crippen LogP contribution in [0.25, 0.3) is 0 Å². The zero-order valence-corrected chi connectivity index (χ0v) is 6.49. The van der Waals surface area contributed by atoms with Gasteiger partial charge in [-0.05, 0) is 18.8 Å². The van der Waals surface area contributed by atoms with Crippen molar-refractivity contribution >= 4 is 12.4 Å². The average molecular weight is 151 g/mol. The molecule has 0 aromatic rings. The molecule has 0 atom stereocenters. The van der Waals surface area contributed by atoms with Gasteiger partial charge in [0.15, 0.2) is 0 Å². The highest BCUT2D eigenvalue weighted by molar-refractivity contribution is 5.85. The van der Waals surface area contributed by atoms with Crippen molar-refractivity contribution in [3.63, 3.8) is 0 Å². The van der Waals surface area contributed by atoms with E-state index in [2.05, 4.69) is 0 Å². The summed E-state index contributed by atoms with van der Waals surface area (Å²) in [5, 5.41) is 8.69. The standard InChI is InChI=1S/C7H14O.ClH/c8-6-7-4-2-1-3-5-7;/h7-8H,1-6H2;1H. The third kappa shape index (κ3) is 3.07. The summed E-state index contributed by atoms with van der Waals surface area (Å²) >= 11 is 0. The summed E-state index contributed by atoms with van der Waals surface area (Å²) < 4.78 is 0. The van der Waals surface area contributed by atoms with E-state index >= 15 is 0 Å². The Morgan fingerprint density at radius 1 is 1.11 bits per heavy atom. The van der Waals surface area contributed by atoms with Gasteiger partial charge in [-0.1, -0.05) is 19.3 Å². The number of halogens is 1. The van der Waals surface area contributed by atoms with Crippen molar-refractivity contribution in [1.29, 1.82) is 0 Å². The molecule has 0 spiro atoms. The molecule has 9 heavy (non-hydrogen) atoms. The summed E-state index contributed by atoms with van der Waals surface area (Å²) in [6.45, 7) is 0.417. The van der Waals surface area contributed by atoms with Crippen LogP contribution in [0.2, 0.25) is 0 Å². The highest BCUT2D eigenvalue weighted by Gasteiger charge is 2.10. The SMILES string of the molecule is Cl.OCC1CCCCC1. The second-order valence-electron chi connectivity index (χ2n) is 2.69. The minimum atomic E-state index is 0. The monoisotopic (exact) mass is 150 g/mol. The van der Waals surface area contributed by atoms with Crippen LogP contribution in [0.4, 0.5) is 0 Å². The maximum Gasteiger partial charge on any atom is 0.0459 e. The molecule has 1 aliphatic carbocycles. The maximum atomic E-state index is 8.69. The van der Waals surface area contributed by atoms with E-state index in [1.165, 1.54) is 32.1 Å². The first kappa shape index (κ1) is 9.25. The molecular weight excluding hydrogens is 136 g/mol. The lowest BCUT2D eigenvalue weighted by Crippen LogP contribution is -2.09. The molecule has 1 saturated carbocycles. The van der Waals surface area contributed by atoms with Crippen molar-refractivity contribution in [2.45, 2.75) is 32.1 Å². The number of hydrogen-bond acceptors (Lipinski definition) is 1. The lowest BCUT2D eigenvalue weighted by Gasteiger charge is -2.18. The highest BCUT2D eigenvalue weighted by Crippen LogP contribution is 2.22. The Bertz CT molecular complexity index is 59.9. The van der Waals surface area contributed by atoms with Crippen LogP contribution in [0.1, 0.15) is 32.1 Å². The Labute approximate surface area is 62.9 Å². The third-order valence-electron chi connectivity index (χ3n) is 1.98. The molecule has 0 aromatic carbocycles. The van der Waals surface area contributed by atoms with Crippen molar-refractivity contribution < 1.29 is 5.11 Å². The Morgan fingerprint density at radius 2 is 1.67 bits per heavy atom. The normalized spacial score (nSPS) is 21.0. The second-order valence-corrected chi connectivity index (χ2v) is 2.69. The van der Waals surface area contributed by atoms with E-state index in [0.29, 0.717) is 12.5 Å². The Balaban J connectivity index is 0.000000640. The van der Waals surface area contributed by atoms with Crippen LogP contribution in [0, 0.1) is 5.92 Å². The molecule has 1 fully saturated rings. The fourth-order valence-corrected chi connectivity index (χ4v) is 1.37. The van der Waals surface area contributed by atoms with Gasteiger partial charge in [0.2, 0.25) is 0 Å². The summed E-state index contributed by atoms with van der Waals surface area (Å²) in [6.07, 6.45) is 6.58. The Morgan fingerprint density at radius 3 is 2.00 bits per heavy atom. The van der Waals surface area contributed by atoms with Crippen molar-refractivity contribution in [2.75, 3.05) is 6.61 Å². The van der Waals surface area contributed by atoms with Crippen molar-refractivity contribution in [3.8, 4) is 0 Å². The first-order chi connectivity index (χ1) is 3.93. The second kappa shape index (κ2) is 5.07. The van der Waals surface area contributed by atoms with E-state index in [0.717, 1.165) is 0 Å². The minimum absolute atomic E-state index is 0. The number of aliphatic hydroxyl groups is 1. The van der Waals surface area contributed by atoms with Crippen molar-refractivity contribution in [1.82, 2.24) is 0 Å². The van der Waals surface area contributed by atoms with Crippen LogP contribution in [-0.2, 0) is 0 Å². The van der Waals surface area contributed by atoms with Crippen molar-refractivity contribution in [3.05, 3.63) is 0 Å². The van der Waals surface area contributed by atoms with E-state index in [1.807, 2.05) is 0 Å². The topological polar surface area (TPSA) is 20.2 Å². The summed E-state index contributed by atoms with van der Waals surface area (Å²) in [6, 6.07) is 0. The molecule has 56 valence electrons. The van der Waals surface area contributed by atoms with Crippen LogP contribution in [-0.4, -0.2) is 11.7 Å². The van der Waals surface area contributed by atoms with E-state index in [1.54, 1.807) is 0 Å². The summed E-state index contributed by atoms with van der Waals surface area (Å²) in [4.78, 5) is 0. The molecule has 0 bridgehead atoms. The van der Waals surface area contributed by atoms with Gasteiger partial charge in [0.1, 0.15) is 0 Å². The van der Waals surface area contributed by atoms with Crippen LogP contribution < -0.4 is 0 Å². The van der Waals surface area contributed by atoms with Crippen LogP contribution in [0.3, 0.4) is 0 Å². The van der Waals surface area contributed by atoms with Crippen LogP contribution >= 0.6 is 12.4 Å². The van der Waals surface area contributed by atoms with Gasteiger partial charge >= 0.3 is 0 Å². The number of aliphatic hydroxyl groups excluding tert-OH is 1. The minimum Gasteiger partial charge on any atom is -0.396 e. The van der Waals surface area contributed by atoms with Gasteiger partial charge in [0, 0.05) is 6.61 Å². The maximum absolute atomic E-state index is 8.69. The zero-order valence-electron chi connectivity index (χ0n) is 5.68. The fourth-order valence-electron chi connectivity index (χ4n) is 1.37. The molecule has 0 aliphatic heterocycles. The molecule has 0 heterocycles. The summed E-state index contributed by atoms with van der Waals surface area (Å²) in [7, 11) is 0. The number of hydrogen-bond donors (Lipinski definition) is 1. The molecule has 0 amide bonds. The van der Waals surface area contributed by atoms with Gasteiger partial charge in [0.25, 0.3) is 0 Å². The van der Waals surface area contributed by atoms with E-state index < -0.39 is 0 Å². The highest BCUT2D eigenvalue weighted by atomic mass is 35.5. The molecule has 1 aliphatic rings. The van der Waals surface area contributed by atoms with E-state index in [4.69, 9.17) is 5.11 Å². The van der Waals surface area contributed by atoms with Gasteiger partial charge < -0.3 is 5.11 Å². The van der Waals surface area contributed by atoms with Crippen LogP contribution in [0.15, 0.2) is 0 Å². The van der Waals surface area contributed by atoms with Gasteiger partial charge in [0.05, 0.1) is 0 Å². The van der Waals surface area contributed by atoms with Gasteiger partial charge in [-0.3, -0.25) is 0 Å². The lowest BCUT2D eigenvalue weighted by molar-refractivity contribution is 0.190. The molecule has 0 aromatic heterocycles. The quantitative estimate of drug-likeness (QED) is 0.606. The van der Waals surface area contributed by atoms with Gasteiger partial charge in [-0.15, -0.1) is 12.4 Å². The largest absolute Gasteiger partial charge is 0.396 e. The van der Waals surface area contributed by atoms with Gasteiger partial charge in [-0.25, -0.2) is 0 Å². The fraction of sp³-hybridized carbons (Fsp3) is 1.00. The van der Waals surface area contributed by atoms with Crippen LogP contribution in [0.5, 0.6) is 0 Å². The first-order valence-electron chi connectivity index (χ1n) is 3.54. The van der Waals surface area contributed by atoms with E-state index in [9.17, 15) is 0 Å². The first-order valence-corrected chi connectivity index (χ1v) is 3.54. The third-order valence-corrected chi connectivity index (χ3v) is 1.98. The van der Waals surface area contributed by atoms with E-state index in [-0.39, 0.29) is 12.4 Å². The molecule has 0 saturated heterocycles. The van der Waals surface area contributed by atoms with Crippen molar-refractivity contribution in [2.24, 2.45) is 5.92 Å². The molecular formula is C7H15ClO. The zero-order chi connectivity index (χ0) is 5.82. The predicted molar refractivity (Wildman–Crippen MR) is 40.9 cm³/mol. The molecule has 1 nitrogen and oxygen atoms in total. The molecule has 1 N–H and O–H groups in total. The molecule has 0 unspecified atom stereocenters. The number of rotatable bonds is 1. The molecule has 0 radical (unpaired) electrons. The van der Waals surface area contributed by atoms with Gasteiger partial charge in [-0.2, -0.15) is 0 Å². The predicted octanol–water partition coefficient (Wildman–Crippen LogP) is 1.98. The molecule has 1 rings (SSSR count). The Kier molecular flexibility index (Phi) is 5.21. The summed E-state index contributed by atoms with van der Waals surface area (Å²) in [5.74, 6) is 0.642. The smallest absolute Gasteiger partial charge is 0.0459 e. The lowest BCUT2D eigenvalue weighted by atomic mass is 9.90. The summed E-state index contributed by atoms with van der Waals surface area (Å²) in [5.41, 5.74) is 0.